The Kier molecular flexibility index (Phi) is 5.67. The van der Waals surface area contributed by atoms with E-state index in [1.54, 1.807) is 12.4 Å². The maximum Gasteiger partial charge on any atom is 0.319 e. The number of nitrogens with zero attached hydrogens (tertiary/aromatic N) is 1. The molecule has 0 unspecified atom stereocenters. The highest BCUT2D eigenvalue weighted by Gasteiger charge is 2.05. The van der Waals surface area contributed by atoms with E-state index < -0.39 is 0 Å². The Bertz CT molecular complexity index is 1090. The van der Waals surface area contributed by atoms with Gasteiger partial charge in [0.1, 0.15) is 12.4 Å². The van der Waals surface area contributed by atoms with Crippen molar-refractivity contribution in [2.45, 2.75) is 13.2 Å². The van der Waals surface area contributed by atoms with Gasteiger partial charge in [-0.25, -0.2) is 4.79 Å². The molecule has 29 heavy (non-hydrogen) atoms. The summed E-state index contributed by atoms with van der Waals surface area (Å²) in [5.74, 6) is 0.776. The smallest absolute Gasteiger partial charge is 0.319 e. The van der Waals surface area contributed by atoms with Crippen LogP contribution in [0, 0.1) is 0 Å². The van der Waals surface area contributed by atoms with Crippen LogP contribution in [0.25, 0.3) is 10.8 Å². The van der Waals surface area contributed by atoms with Gasteiger partial charge < -0.3 is 15.4 Å². The van der Waals surface area contributed by atoms with E-state index >= 15 is 0 Å². The molecule has 1 aromatic heterocycles. The van der Waals surface area contributed by atoms with E-state index in [0.717, 1.165) is 33.3 Å². The summed E-state index contributed by atoms with van der Waals surface area (Å²) < 4.78 is 5.75. The third-order valence-corrected chi connectivity index (χ3v) is 4.54. The number of anilines is 1. The van der Waals surface area contributed by atoms with Gasteiger partial charge in [-0.05, 0) is 35.2 Å². The van der Waals surface area contributed by atoms with Crippen LogP contribution in [0.3, 0.4) is 0 Å². The van der Waals surface area contributed by atoms with Crippen LogP contribution in [0.1, 0.15) is 11.1 Å². The van der Waals surface area contributed by atoms with Crippen LogP contribution in [0.4, 0.5) is 10.5 Å². The zero-order chi connectivity index (χ0) is 19.9. The Morgan fingerprint density at radius 3 is 2.52 bits per heavy atom. The van der Waals surface area contributed by atoms with Crippen LogP contribution in [-0.4, -0.2) is 11.0 Å². The van der Waals surface area contributed by atoms with Crippen molar-refractivity contribution in [2.24, 2.45) is 0 Å². The minimum Gasteiger partial charge on any atom is -0.489 e. The molecular weight excluding hydrogens is 362 g/mol. The largest absolute Gasteiger partial charge is 0.489 e. The van der Waals surface area contributed by atoms with E-state index in [0.29, 0.717) is 13.2 Å². The lowest BCUT2D eigenvalue weighted by Gasteiger charge is -2.11. The van der Waals surface area contributed by atoms with Crippen molar-refractivity contribution in [1.82, 2.24) is 10.3 Å². The number of aromatic nitrogens is 1. The molecule has 0 aliphatic rings. The number of carbonyl (C=O) groups excluding carboxylic acids is 1. The minimum atomic E-state index is -0.238. The van der Waals surface area contributed by atoms with Gasteiger partial charge in [-0.2, -0.15) is 0 Å². The molecule has 2 amide bonds. The van der Waals surface area contributed by atoms with Gasteiger partial charge in [0.05, 0.1) is 5.69 Å². The number of hydrogen-bond donors (Lipinski definition) is 2. The predicted molar refractivity (Wildman–Crippen MR) is 115 cm³/mol. The fourth-order valence-electron chi connectivity index (χ4n) is 3.04. The number of rotatable bonds is 6. The average molecular weight is 383 g/mol. The molecule has 0 radical (unpaired) electrons. The summed E-state index contributed by atoms with van der Waals surface area (Å²) in [5.41, 5.74) is 2.80. The number of nitrogens with one attached hydrogen (secondary N) is 2. The Balaban J connectivity index is 1.30. The minimum absolute atomic E-state index is 0.238. The molecule has 5 nitrogen and oxygen atoms in total. The number of ether oxygens (including phenoxy) is 1. The summed E-state index contributed by atoms with van der Waals surface area (Å²) in [6.07, 6.45) is 3.52. The molecule has 0 fully saturated rings. The van der Waals surface area contributed by atoms with E-state index in [2.05, 4.69) is 15.6 Å². The molecule has 144 valence electrons. The maximum atomic E-state index is 12.3. The van der Waals surface area contributed by atoms with E-state index in [9.17, 15) is 4.79 Å². The van der Waals surface area contributed by atoms with E-state index in [1.807, 2.05) is 78.9 Å². The quantitative estimate of drug-likeness (QED) is 0.485. The monoisotopic (exact) mass is 383 g/mol. The number of fused-ring (bicyclic) bond motifs is 1. The first-order valence-electron chi connectivity index (χ1n) is 9.41. The summed E-state index contributed by atoms with van der Waals surface area (Å²) in [7, 11) is 0. The van der Waals surface area contributed by atoms with E-state index in [-0.39, 0.29) is 6.03 Å². The van der Waals surface area contributed by atoms with Crippen molar-refractivity contribution in [2.75, 3.05) is 5.32 Å². The number of urea groups is 1. The van der Waals surface area contributed by atoms with Crippen molar-refractivity contribution < 1.29 is 9.53 Å². The number of pyridine rings is 1. The van der Waals surface area contributed by atoms with Crippen LogP contribution < -0.4 is 15.4 Å². The van der Waals surface area contributed by atoms with Crippen LogP contribution >= 0.6 is 0 Å². The first kappa shape index (κ1) is 18.5. The van der Waals surface area contributed by atoms with Crippen LogP contribution in [0.2, 0.25) is 0 Å². The van der Waals surface area contributed by atoms with Crippen molar-refractivity contribution in [3.8, 4) is 5.75 Å². The highest BCUT2D eigenvalue weighted by atomic mass is 16.5. The molecule has 1 heterocycles. The van der Waals surface area contributed by atoms with Gasteiger partial charge in [-0.15, -0.1) is 0 Å². The first-order valence-corrected chi connectivity index (χ1v) is 9.41. The lowest BCUT2D eigenvalue weighted by Crippen LogP contribution is -2.28. The summed E-state index contributed by atoms with van der Waals surface area (Å²) >= 11 is 0. The first-order chi connectivity index (χ1) is 14.3. The van der Waals surface area contributed by atoms with Crippen LogP contribution in [0.15, 0.2) is 91.3 Å². The number of benzene rings is 3. The van der Waals surface area contributed by atoms with Crippen LogP contribution in [0.5, 0.6) is 5.75 Å². The Labute approximate surface area is 169 Å². The molecule has 0 bridgehead atoms. The van der Waals surface area contributed by atoms with Crippen molar-refractivity contribution in [3.63, 3.8) is 0 Å². The van der Waals surface area contributed by atoms with E-state index in [1.165, 1.54) is 0 Å². The van der Waals surface area contributed by atoms with Crippen molar-refractivity contribution in [3.05, 3.63) is 102 Å². The molecule has 0 saturated carbocycles. The van der Waals surface area contributed by atoms with Crippen LogP contribution in [-0.2, 0) is 13.2 Å². The Hall–Kier alpha value is -3.86. The molecule has 0 aliphatic heterocycles. The summed E-state index contributed by atoms with van der Waals surface area (Å²) in [4.78, 5) is 16.4. The number of amides is 2. The molecule has 5 heteroatoms. The summed E-state index contributed by atoms with van der Waals surface area (Å²) in [5, 5.41) is 7.92. The van der Waals surface area contributed by atoms with Crippen molar-refractivity contribution in [1.29, 1.82) is 0 Å². The van der Waals surface area contributed by atoms with Gasteiger partial charge >= 0.3 is 6.03 Å². The second-order valence-corrected chi connectivity index (χ2v) is 6.63. The molecule has 2 N–H and O–H groups in total. The normalized spacial score (nSPS) is 10.5. The molecule has 0 atom stereocenters. The number of carbonyl (C=O) groups is 1. The number of hydrogen-bond acceptors (Lipinski definition) is 3. The topological polar surface area (TPSA) is 63.2 Å². The molecule has 4 rings (SSSR count). The molecule has 3 aromatic carbocycles. The zero-order valence-electron chi connectivity index (χ0n) is 15.8. The van der Waals surface area contributed by atoms with Gasteiger partial charge in [-0.1, -0.05) is 54.6 Å². The summed E-state index contributed by atoms with van der Waals surface area (Å²) in [6, 6.07) is 25.1. The van der Waals surface area contributed by atoms with Crippen molar-refractivity contribution >= 4 is 22.5 Å². The lowest BCUT2D eigenvalue weighted by atomic mass is 10.1. The third-order valence-electron chi connectivity index (χ3n) is 4.54. The molecular formula is C24H21N3O2. The molecule has 0 aliphatic carbocycles. The second kappa shape index (κ2) is 8.89. The highest BCUT2D eigenvalue weighted by Crippen LogP contribution is 2.22. The molecule has 4 aromatic rings. The van der Waals surface area contributed by atoms with Gasteiger partial charge in [0.15, 0.2) is 0 Å². The zero-order valence-corrected chi connectivity index (χ0v) is 15.8. The molecule has 0 saturated heterocycles. The van der Waals surface area contributed by atoms with Gasteiger partial charge in [0, 0.05) is 29.9 Å². The van der Waals surface area contributed by atoms with Gasteiger partial charge in [-0.3, -0.25) is 4.98 Å². The summed E-state index contributed by atoms with van der Waals surface area (Å²) in [6.45, 7) is 0.901. The standard InChI is InChI=1S/C24H21N3O2/c28-24(27-23-9-3-7-20-6-1-2-8-22(20)23)26-16-18-10-12-21(13-11-18)29-17-19-5-4-14-25-15-19/h1-15H,16-17H2,(H2,26,27,28). The Morgan fingerprint density at radius 1 is 0.862 bits per heavy atom. The molecule has 0 spiro atoms. The van der Waals surface area contributed by atoms with Gasteiger partial charge in [0.25, 0.3) is 0 Å². The maximum absolute atomic E-state index is 12.3. The average Bonchev–Trinajstić information content (AvgIpc) is 2.78. The third kappa shape index (κ3) is 4.90. The Morgan fingerprint density at radius 2 is 1.69 bits per heavy atom. The highest BCUT2D eigenvalue weighted by molar-refractivity contribution is 6.01. The van der Waals surface area contributed by atoms with E-state index in [4.69, 9.17) is 4.74 Å². The fourth-order valence-corrected chi connectivity index (χ4v) is 3.04. The predicted octanol–water partition coefficient (Wildman–Crippen LogP) is 5.14. The second-order valence-electron chi connectivity index (χ2n) is 6.63. The van der Waals surface area contributed by atoms with Gasteiger partial charge in [0.2, 0.25) is 0 Å². The fraction of sp³-hybridized carbons (Fsp3) is 0.0833. The SMILES string of the molecule is O=C(NCc1ccc(OCc2cccnc2)cc1)Nc1cccc2ccccc12. The lowest BCUT2D eigenvalue weighted by molar-refractivity contribution is 0.252.